The van der Waals surface area contributed by atoms with E-state index in [1.165, 1.54) is 16.6 Å². The highest BCUT2D eigenvalue weighted by atomic mass is 32.2. The van der Waals surface area contributed by atoms with Gasteiger partial charge in [-0.1, -0.05) is 19.9 Å². The first-order valence-electron chi connectivity index (χ1n) is 13.2. The summed E-state index contributed by atoms with van der Waals surface area (Å²) >= 11 is 0. The zero-order chi connectivity index (χ0) is 27.5. The highest BCUT2D eigenvalue weighted by Gasteiger charge is 2.47. The van der Waals surface area contributed by atoms with Crippen LogP contribution in [0.3, 0.4) is 0 Å². The zero-order valence-electron chi connectivity index (χ0n) is 22.1. The molecule has 3 aromatic rings. The number of carbonyl (C=O) groups excluding carboxylic acids is 1. The maximum Gasteiger partial charge on any atom is 0.275 e. The van der Waals surface area contributed by atoms with Gasteiger partial charge in [0.05, 0.1) is 24.0 Å². The molecular weight excluding hydrogens is 523 g/mol. The maximum absolute atomic E-state index is 14.8. The predicted molar refractivity (Wildman–Crippen MR) is 144 cm³/mol. The van der Waals surface area contributed by atoms with E-state index in [4.69, 9.17) is 9.15 Å². The van der Waals surface area contributed by atoms with Crippen molar-refractivity contribution in [2.75, 3.05) is 43.9 Å². The predicted octanol–water partition coefficient (Wildman–Crippen LogP) is 4.04. The molecule has 0 spiro atoms. The molecule has 1 fully saturated rings. The molecule has 1 saturated heterocycles. The summed E-state index contributed by atoms with van der Waals surface area (Å²) in [4.78, 5) is 19.1. The van der Waals surface area contributed by atoms with Crippen molar-refractivity contribution in [3.63, 3.8) is 0 Å². The molecule has 6 rings (SSSR count). The third-order valence-corrected chi connectivity index (χ3v) is 10.2. The van der Waals surface area contributed by atoms with Crippen LogP contribution in [-0.4, -0.2) is 67.1 Å². The fourth-order valence-electron chi connectivity index (χ4n) is 5.94. The number of anilines is 1. The summed E-state index contributed by atoms with van der Waals surface area (Å²) in [5.41, 5.74) is 3.04. The first kappa shape index (κ1) is 25.8. The highest BCUT2D eigenvalue weighted by molar-refractivity contribution is 7.89. The third kappa shape index (κ3) is 4.28. The van der Waals surface area contributed by atoms with Crippen molar-refractivity contribution in [3.8, 4) is 17.2 Å². The number of hydrogen-bond donors (Lipinski definition) is 1. The topological polar surface area (TPSA) is 105 Å². The number of rotatable bonds is 4. The number of piperazine rings is 1. The van der Waals surface area contributed by atoms with Gasteiger partial charge in [-0.2, -0.15) is 4.31 Å². The molecular formula is C28H31FN4O5S. The van der Waals surface area contributed by atoms with E-state index in [9.17, 15) is 17.6 Å². The molecule has 1 amide bonds. The van der Waals surface area contributed by atoms with Gasteiger partial charge < -0.3 is 19.4 Å². The Morgan fingerprint density at radius 3 is 2.69 bits per heavy atom. The normalized spacial score (nSPS) is 22.2. The molecule has 1 N–H and O–H groups in total. The summed E-state index contributed by atoms with van der Waals surface area (Å²) in [7, 11) is -3.28. The van der Waals surface area contributed by atoms with E-state index in [0.29, 0.717) is 36.9 Å². The van der Waals surface area contributed by atoms with Crippen molar-refractivity contribution >= 4 is 21.6 Å². The molecule has 0 aliphatic carbocycles. The monoisotopic (exact) mass is 554 g/mol. The van der Waals surface area contributed by atoms with Crippen LogP contribution in [-0.2, 0) is 15.4 Å². The van der Waals surface area contributed by atoms with Gasteiger partial charge >= 0.3 is 0 Å². The number of nitrogens with zero attached hydrogens (tertiary/aromatic N) is 3. The summed E-state index contributed by atoms with van der Waals surface area (Å²) in [6.07, 6.45) is 1.35. The van der Waals surface area contributed by atoms with Gasteiger partial charge in [0, 0.05) is 48.8 Å². The lowest BCUT2D eigenvalue weighted by molar-refractivity contribution is 0.0692. The molecule has 0 unspecified atom stereocenters. The molecule has 2 atom stereocenters. The van der Waals surface area contributed by atoms with E-state index in [1.807, 2.05) is 18.2 Å². The number of halogens is 1. The Balaban J connectivity index is 1.24. The number of aromatic nitrogens is 1. The Labute approximate surface area is 227 Å². The summed E-state index contributed by atoms with van der Waals surface area (Å²) < 4.78 is 52.2. The fourth-order valence-corrected chi connectivity index (χ4v) is 7.03. The molecule has 0 saturated carbocycles. The number of fused-ring (bicyclic) bond motifs is 4. The summed E-state index contributed by atoms with van der Waals surface area (Å²) in [5, 5.41) is 3.54. The van der Waals surface area contributed by atoms with Crippen LogP contribution < -0.4 is 10.1 Å². The zero-order valence-corrected chi connectivity index (χ0v) is 22.9. The lowest BCUT2D eigenvalue weighted by Gasteiger charge is -2.48. The Bertz CT molecular complexity index is 1540. The van der Waals surface area contributed by atoms with Crippen molar-refractivity contribution in [3.05, 3.63) is 65.3 Å². The molecule has 11 heteroatoms. The molecule has 1 aromatic heterocycles. The van der Waals surface area contributed by atoms with Crippen LogP contribution in [0.15, 0.2) is 47.1 Å². The van der Waals surface area contributed by atoms with E-state index < -0.39 is 10.0 Å². The van der Waals surface area contributed by atoms with Gasteiger partial charge in [0.1, 0.15) is 17.8 Å². The summed E-state index contributed by atoms with van der Waals surface area (Å²) in [5.74, 6) is 0.352. The molecule has 39 heavy (non-hydrogen) atoms. The fraction of sp³-hybridized carbons (Fsp3) is 0.429. The average molecular weight is 555 g/mol. The smallest absolute Gasteiger partial charge is 0.275 e. The summed E-state index contributed by atoms with van der Waals surface area (Å²) in [6.45, 7) is 7.45. The quantitative estimate of drug-likeness (QED) is 0.519. The van der Waals surface area contributed by atoms with Crippen LogP contribution in [0, 0.1) is 11.7 Å². The van der Waals surface area contributed by atoms with E-state index in [2.05, 4.69) is 24.1 Å². The lowest BCUT2D eigenvalue weighted by Crippen LogP contribution is -2.50. The van der Waals surface area contributed by atoms with Crippen molar-refractivity contribution < 1.29 is 26.8 Å². The Hall–Kier alpha value is -3.44. The van der Waals surface area contributed by atoms with E-state index in [1.54, 1.807) is 24.0 Å². The van der Waals surface area contributed by atoms with Crippen LogP contribution in [0.4, 0.5) is 10.1 Å². The molecule has 2 aromatic carbocycles. The number of ether oxygens (including phenoxy) is 1. The van der Waals surface area contributed by atoms with Gasteiger partial charge in [-0.3, -0.25) is 4.79 Å². The molecule has 9 nitrogen and oxygen atoms in total. The van der Waals surface area contributed by atoms with Gasteiger partial charge in [0.25, 0.3) is 5.91 Å². The molecule has 3 aliphatic rings. The Kier molecular flexibility index (Phi) is 6.18. The number of hydrogen-bond acceptors (Lipinski definition) is 7. The van der Waals surface area contributed by atoms with E-state index >= 15 is 0 Å². The molecule has 0 bridgehead atoms. The van der Waals surface area contributed by atoms with Gasteiger partial charge in [0.2, 0.25) is 15.9 Å². The van der Waals surface area contributed by atoms with Crippen molar-refractivity contribution in [2.24, 2.45) is 5.92 Å². The number of carbonyl (C=O) groups is 1. The van der Waals surface area contributed by atoms with Crippen molar-refractivity contribution in [1.82, 2.24) is 14.2 Å². The van der Waals surface area contributed by atoms with Crippen LogP contribution in [0.1, 0.15) is 48.4 Å². The molecule has 4 heterocycles. The second-order valence-electron chi connectivity index (χ2n) is 10.8. The SMILES string of the molecule is CCS(=O)(=O)N1CCN(C(=O)c2coc(-c3ccc4c(c3)C(C)(C)[C@@H]3COc5cccc(F)c5[C@@H]3N4)n2)CC1. The van der Waals surface area contributed by atoms with Crippen LogP contribution in [0.5, 0.6) is 5.75 Å². The summed E-state index contributed by atoms with van der Waals surface area (Å²) in [6, 6.07) is 10.5. The minimum absolute atomic E-state index is 0.0125. The second kappa shape index (κ2) is 9.34. The molecule has 206 valence electrons. The molecule has 0 radical (unpaired) electrons. The minimum Gasteiger partial charge on any atom is -0.493 e. The number of amides is 1. The third-order valence-electron chi connectivity index (χ3n) is 8.35. The number of oxazole rings is 1. The standard InChI is InChI=1S/C28H31FN4O5S/c1-4-39(35,36)33-12-10-32(11-13-33)27(34)22-16-38-26(31-22)17-8-9-21-18(14-17)28(2,3)19-15-37-23-7-5-6-20(29)24(23)25(19)30-21/h5-9,14,16,19,25,30H,4,10-13,15H2,1-3H3/t19-,25-/m1/s1. The average Bonchev–Trinajstić information content (AvgIpc) is 3.43. The minimum atomic E-state index is -3.28. The van der Waals surface area contributed by atoms with Gasteiger partial charge in [-0.05, 0) is 42.8 Å². The van der Waals surface area contributed by atoms with Crippen molar-refractivity contribution in [1.29, 1.82) is 0 Å². The van der Waals surface area contributed by atoms with Gasteiger partial charge in [0.15, 0.2) is 5.69 Å². The van der Waals surface area contributed by atoms with Crippen molar-refractivity contribution in [2.45, 2.75) is 32.2 Å². The van der Waals surface area contributed by atoms with E-state index in [0.717, 1.165) is 16.8 Å². The number of sulfonamides is 1. The van der Waals surface area contributed by atoms with Crippen LogP contribution >= 0.6 is 0 Å². The second-order valence-corrected chi connectivity index (χ2v) is 13.1. The number of benzene rings is 2. The Morgan fingerprint density at radius 2 is 1.95 bits per heavy atom. The van der Waals surface area contributed by atoms with Crippen LogP contribution in [0.2, 0.25) is 0 Å². The van der Waals surface area contributed by atoms with Gasteiger partial charge in [-0.15, -0.1) is 0 Å². The van der Waals surface area contributed by atoms with E-state index in [-0.39, 0.29) is 53.6 Å². The number of nitrogens with one attached hydrogen (secondary N) is 1. The highest BCUT2D eigenvalue weighted by Crippen LogP contribution is 2.53. The van der Waals surface area contributed by atoms with Crippen LogP contribution in [0.25, 0.3) is 11.5 Å². The largest absolute Gasteiger partial charge is 0.493 e. The molecule has 3 aliphatic heterocycles. The first-order chi connectivity index (χ1) is 18.6. The maximum atomic E-state index is 14.8. The van der Waals surface area contributed by atoms with Gasteiger partial charge in [-0.25, -0.2) is 17.8 Å². The first-order valence-corrected chi connectivity index (χ1v) is 14.8. The lowest BCUT2D eigenvalue weighted by atomic mass is 9.65. The Morgan fingerprint density at radius 1 is 1.18 bits per heavy atom.